The van der Waals surface area contributed by atoms with Crippen LogP contribution in [0.4, 0.5) is 0 Å². The molecule has 3 heterocycles. The summed E-state index contributed by atoms with van der Waals surface area (Å²) in [6.07, 6.45) is 1.25. The lowest BCUT2D eigenvalue weighted by molar-refractivity contribution is -0.0668. The van der Waals surface area contributed by atoms with E-state index in [1.54, 1.807) is 22.6 Å². The summed E-state index contributed by atoms with van der Waals surface area (Å²) in [5, 5.41) is 11.6. The SMILES string of the molecule is CC1COC(CO)CN1C(=O)c1csc(-c2ccco2)n1. The number of thiazole rings is 1. The Kier molecular flexibility index (Phi) is 4.05. The molecule has 1 fully saturated rings. The fourth-order valence-electron chi connectivity index (χ4n) is 2.24. The second kappa shape index (κ2) is 5.97. The average molecular weight is 308 g/mol. The molecule has 1 aliphatic heterocycles. The molecule has 112 valence electrons. The van der Waals surface area contributed by atoms with Crippen LogP contribution >= 0.6 is 11.3 Å². The molecule has 0 spiro atoms. The minimum atomic E-state index is -0.326. The predicted octanol–water partition coefficient (Wildman–Crippen LogP) is 1.62. The van der Waals surface area contributed by atoms with Gasteiger partial charge in [0.2, 0.25) is 0 Å². The lowest BCUT2D eigenvalue weighted by Crippen LogP contribution is -2.52. The maximum absolute atomic E-state index is 12.6. The largest absolute Gasteiger partial charge is 0.462 e. The van der Waals surface area contributed by atoms with Crippen molar-refractivity contribution in [1.82, 2.24) is 9.88 Å². The summed E-state index contributed by atoms with van der Waals surface area (Å²) in [5.74, 6) is 0.514. The molecule has 0 bridgehead atoms. The Hall–Kier alpha value is -1.70. The number of morpholine rings is 1. The van der Waals surface area contributed by atoms with Gasteiger partial charge in [-0.15, -0.1) is 11.3 Å². The van der Waals surface area contributed by atoms with Crippen LogP contribution in [0.2, 0.25) is 0 Å². The molecule has 0 radical (unpaired) electrons. The van der Waals surface area contributed by atoms with Crippen LogP contribution in [0.5, 0.6) is 0 Å². The van der Waals surface area contributed by atoms with Gasteiger partial charge < -0.3 is 19.2 Å². The number of rotatable bonds is 3. The normalized spacial score (nSPS) is 22.5. The Morgan fingerprint density at radius 1 is 1.62 bits per heavy atom. The molecular formula is C14H16N2O4S. The number of carbonyl (C=O) groups is 1. The number of carbonyl (C=O) groups excluding carboxylic acids is 1. The van der Waals surface area contributed by atoms with E-state index in [0.717, 1.165) is 0 Å². The zero-order valence-electron chi connectivity index (χ0n) is 11.6. The van der Waals surface area contributed by atoms with Gasteiger partial charge in [0.25, 0.3) is 5.91 Å². The van der Waals surface area contributed by atoms with Crippen molar-refractivity contribution in [2.75, 3.05) is 19.8 Å². The molecule has 2 aromatic heterocycles. The van der Waals surface area contributed by atoms with Crippen molar-refractivity contribution < 1.29 is 19.1 Å². The molecule has 2 unspecified atom stereocenters. The number of amides is 1. The van der Waals surface area contributed by atoms with Gasteiger partial charge in [-0.25, -0.2) is 4.98 Å². The number of hydrogen-bond acceptors (Lipinski definition) is 6. The van der Waals surface area contributed by atoms with Gasteiger partial charge in [-0.3, -0.25) is 4.79 Å². The Morgan fingerprint density at radius 3 is 3.19 bits per heavy atom. The molecule has 2 aromatic rings. The highest BCUT2D eigenvalue weighted by atomic mass is 32.1. The van der Waals surface area contributed by atoms with Crippen molar-refractivity contribution in [3.8, 4) is 10.8 Å². The predicted molar refractivity (Wildman–Crippen MR) is 77.1 cm³/mol. The molecule has 6 nitrogen and oxygen atoms in total. The molecule has 1 aliphatic rings. The average Bonchev–Trinajstić information content (AvgIpc) is 3.18. The number of aliphatic hydroxyl groups excluding tert-OH is 1. The molecule has 3 rings (SSSR count). The first kappa shape index (κ1) is 14.2. The van der Waals surface area contributed by atoms with Crippen molar-refractivity contribution in [3.05, 3.63) is 29.5 Å². The first-order valence-corrected chi connectivity index (χ1v) is 7.60. The Morgan fingerprint density at radius 2 is 2.48 bits per heavy atom. The fraction of sp³-hybridized carbons (Fsp3) is 0.429. The van der Waals surface area contributed by atoms with Crippen LogP contribution in [0.3, 0.4) is 0 Å². The van der Waals surface area contributed by atoms with Crippen LogP contribution in [0.25, 0.3) is 10.8 Å². The van der Waals surface area contributed by atoms with E-state index in [1.807, 2.05) is 13.0 Å². The molecule has 0 saturated carbocycles. The molecule has 0 aliphatic carbocycles. The number of furan rings is 1. The van der Waals surface area contributed by atoms with E-state index < -0.39 is 0 Å². The van der Waals surface area contributed by atoms with Crippen LogP contribution < -0.4 is 0 Å². The van der Waals surface area contributed by atoms with Crippen molar-refractivity contribution in [3.63, 3.8) is 0 Å². The summed E-state index contributed by atoms with van der Waals surface area (Å²) >= 11 is 1.37. The topological polar surface area (TPSA) is 75.8 Å². The summed E-state index contributed by atoms with van der Waals surface area (Å²) in [6.45, 7) is 2.63. The van der Waals surface area contributed by atoms with Crippen LogP contribution in [-0.2, 0) is 4.74 Å². The van der Waals surface area contributed by atoms with Gasteiger partial charge in [0.1, 0.15) is 5.69 Å². The highest BCUT2D eigenvalue weighted by molar-refractivity contribution is 7.13. The van der Waals surface area contributed by atoms with E-state index in [0.29, 0.717) is 29.6 Å². The summed E-state index contributed by atoms with van der Waals surface area (Å²) in [7, 11) is 0. The first-order valence-electron chi connectivity index (χ1n) is 6.72. The smallest absolute Gasteiger partial charge is 0.273 e. The second-order valence-corrected chi connectivity index (χ2v) is 5.82. The number of hydrogen-bond donors (Lipinski definition) is 1. The number of nitrogens with zero attached hydrogens (tertiary/aromatic N) is 2. The van der Waals surface area contributed by atoms with Crippen molar-refractivity contribution in [2.24, 2.45) is 0 Å². The lowest BCUT2D eigenvalue weighted by Gasteiger charge is -2.37. The maximum atomic E-state index is 12.6. The summed E-state index contributed by atoms with van der Waals surface area (Å²) in [5.41, 5.74) is 0.400. The first-order chi connectivity index (χ1) is 10.2. The molecule has 21 heavy (non-hydrogen) atoms. The highest BCUT2D eigenvalue weighted by Crippen LogP contribution is 2.25. The van der Waals surface area contributed by atoms with Crippen molar-refractivity contribution in [1.29, 1.82) is 0 Å². The summed E-state index contributed by atoms with van der Waals surface area (Å²) in [6, 6.07) is 3.56. The zero-order chi connectivity index (χ0) is 14.8. The zero-order valence-corrected chi connectivity index (χ0v) is 12.4. The van der Waals surface area contributed by atoms with Gasteiger partial charge in [0, 0.05) is 11.9 Å². The van der Waals surface area contributed by atoms with Gasteiger partial charge in [-0.05, 0) is 19.1 Å². The highest BCUT2D eigenvalue weighted by Gasteiger charge is 2.31. The van der Waals surface area contributed by atoms with Crippen molar-refractivity contribution >= 4 is 17.2 Å². The third kappa shape index (κ3) is 2.85. The lowest BCUT2D eigenvalue weighted by atomic mass is 10.2. The van der Waals surface area contributed by atoms with Gasteiger partial charge in [0.05, 0.1) is 31.6 Å². The van der Waals surface area contributed by atoms with E-state index in [2.05, 4.69) is 4.98 Å². The standard InChI is InChI=1S/C14H16N2O4S/c1-9-7-20-10(6-17)5-16(9)14(18)11-8-21-13(15-11)12-3-2-4-19-12/h2-4,8-10,17H,5-7H2,1H3. The minimum Gasteiger partial charge on any atom is -0.462 e. The van der Waals surface area contributed by atoms with E-state index in [4.69, 9.17) is 9.15 Å². The van der Waals surface area contributed by atoms with Gasteiger partial charge in [-0.1, -0.05) is 0 Å². The van der Waals surface area contributed by atoms with E-state index in [-0.39, 0.29) is 24.7 Å². The van der Waals surface area contributed by atoms with Gasteiger partial charge in [-0.2, -0.15) is 0 Å². The Balaban J connectivity index is 1.78. The summed E-state index contributed by atoms with van der Waals surface area (Å²) in [4.78, 5) is 18.6. The molecule has 1 amide bonds. The molecule has 2 atom stereocenters. The third-order valence-corrected chi connectivity index (χ3v) is 4.28. The van der Waals surface area contributed by atoms with E-state index in [1.165, 1.54) is 11.3 Å². The van der Waals surface area contributed by atoms with E-state index >= 15 is 0 Å². The summed E-state index contributed by atoms with van der Waals surface area (Å²) < 4.78 is 10.7. The molecule has 7 heteroatoms. The van der Waals surface area contributed by atoms with Crippen LogP contribution in [-0.4, -0.2) is 52.8 Å². The number of ether oxygens (including phenoxy) is 1. The monoisotopic (exact) mass is 308 g/mol. The van der Waals surface area contributed by atoms with Crippen LogP contribution in [0.15, 0.2) is 28.2 Å². The molecule has 0 aromatic carbocycles. The molecule has 1 N–H and O–H groups in total. The molecule has 1 saturated heterocycles. The molecular weight excluding hydrogens is 292 g/mol. The Labute approximate surface area is 126 Å². The third-order valence-electron chi connectivity index (χ3n) is 3.43. The van der Waals surface area contributed by atoms with Crippen molar-refractivity contribution in [2.45, 2.75) is 19.1 Å². The fourth-order valence-corrected chi connectivity index (χ4v) is 3.00. The van der Waals surface area contributed by atoms with Gasteiger partial charge in [0.15, 0.2) is 10.8 Å². The Bertz CT molecular complexity index is 610. The second-order valence-electron chi connectivity index (χ2n) is 4.96. The van der Waals surface area contributed by atoms with Crippen LogP contribution in [0, 0.1) is 0 Å². The number of aliphatic hydroxyl groups is 1. The van der Waals surface area contributed by atoms with E-state index in [9.17, 15) is 9.90 Å². The number of aromatic nitrogens is 1. The minimum absolute atomic E-state index is 0.0333. The van der Waals surface area contributed by atoms with Crippen LogP contribution in [0.1, 0.15) is 17.4 Å². The quantitative estimate of drug-likeness (QED) is 0.932. The van der Waals surface area contributed by atoms with Gasteiger partial charge >= 0.3 is 0 Å². The maximum Gasteiger partial charge on any atom is 0.273 e.